The summed E-state index contributed by atoms with van der Waals surface area (Å²) in [7, 11) is 0.897. The number of esters is 1. The first-order valence-electron chi connectivity index (χ1n) is 4.38. The number of ether oxygens (including phenoxy) is 1. The highest BCUT2D eigenvalue weighted by Gasteiger charge is 2.36. The molecule has 0 bridgehead atoms. The fraction of sp³-hybridized carbons (Fsp3) is 0.200. The van der Waals surface area contributed by atoms with Crippen LogP contribution in [0.15, 0.2) is 12.1 Å². The van der Waals surface area contributed by atoms with Crippen LogP contribution in [-0.4, -0.2) is 18.9 Å². The maximum Gasteiger partial charge on any atom is 0.419 e. The summed E-state index contributed by atoms with van der Waals surface area (Å²) in [6, 6.07) is 0.949. The van der Waals surface area contributed by atoms with Gasteiger partial charge in [0.05, 0.1) is 23.3 Å². The second kappa shape index (κ2) is 4.93. The Bertz CT molecular complexity index is 511. The predicted molar refractivity (Wildman–Crippen MR) is 52.8 cm³/mol. The molecule has 3 nitrogen and oxygen atoms in total. The van der Waals surface area contributed by atoms with Gasteiger partial charge in [0.2, 0.25) is 0 Å². The smallest absolute Gasteiger partial charge is 0.419 e. The summed E-state index contributed by atoms with van der Waals surface area (Å²) < 4.78 is 54.3. The second-order valence-corrected chi connectivity index (χ2v) is 3.49. The number of alkyl halides is 3. The topological polar surface area (TPSA) is 43.4 Å². The molecule has 0 atom stereocenters. The van der Waals surface area contributed by atoms with E-state index in [1.807, 2.05) is 0 Å². The van der Waals surface area contributed by atoms with Crippen LogP contribution in [0.4, 0.5) is 17.6 Å². The van der Waals surface area contributed by atoms with Gasteiger partial charge in [0, 0.05) is 0 Å². The van der Waals surface area contributed by atoms with Gasteiger partial charge in [-0.3, -0.25) is 4.79 Å². The summed E-state index contributed by atoms with van der Waals surface area (Å²) >= 11 is 5.30. The molecule has 1 aromatic carbocycles. The van der Waals surface area contributed by atoms with E-state index in [0.717, 1.165) is 7.11 Å². The predicted octanol–water partition coefficient (Wildman–Crippen LogP) is 2.85. The molecule has 0 saturated heterocycles. The molecule has 0 aliphatic carbocycles. The lowest BCUT2D eigenvalue weighted by Crippen LogP contribution is -2.18. The molecule has 1 aromatic rings. The fourth-order valence-electron chi connectivity index (χ4n) is 1.15. The number of carbonyl (C=O) groups excluding carboxylic acids is 2. The van der Waals surface area contributed by atoms with Gasteiger partial charge in [-0.1, -0.05) is 11.6 Å². The van der Waals surface area contributed by atoms with E-state index in [1.54, 1.807) is 0 Å². The summed E-state index contributed by atoms with van der Waals surface area (Å²) in [5, 5.41) is -1.07. The fourth-order valence-corrected chi connectivity index (χ4v) is 1.40. The highest BCUT2D eigenvalue weighted by Crippen LogP contribution is 2.35. The molecule has 0 radical (unpaired) electrons. The van der Waals surface area contributed by atoms with E-state index in [-0.39, 0.29) is 0 Å². The zero-order valence-electron chi connectivity index (χ0n) is 8.77. The van der Waals surface area contributed by atoms with Gasteiger partial charge in [-0.25, -0.2) is 9.18 Å². The van der Waals surface area contributed by atoms with Crippen molar-refractivity contribution in [2.24, 2.45) is 0 Å². The van der Waals surface area contributed by atoms with Crippen molar-refractivity contribution < 1.29 is 31.9 Å². The van der Waals surface area contributed by atoms with Crippen LogP contribution in [0.3, 0.4) is 0 Å². The molecule has 0 aliphatic heterocycles. The van der Waals surface area contributed by atoms with E-state index in [0.29, 0.717) is 12.1 Å². The molecule has 0 heterocycles. The minimum atomic E-state index is -4.94. The Morgan fingerprint density at radius 1 is 1.28 bits per heavy atom. The van der Waals surface area contributed by atoms with E-state index in [1.165, 1.54) is 0 Å². The largest absolute Gasteiger partial charge is 0.463 e. The minimum Gasteiger partial charge on any atom is -0.463 e. The van der Waals surface area contributed by atoms with Gasteiger partial charge in [0.25, 0.3) is 5.78 Å². The normalized spacial score (nSPS) is 11.2. The van der Waals surface area contributed by atoms with Gasteiger partial charge >= 0.3 is 12.1 Å². The molecule has 0 spiro atoms. The number of ketones is 1. The molecule has 98 valence electrons. The summed E-state index contributed by atoms with van der Waals surface area (Å²) in [6.45, 7) is 0. The first kappa shape index (κ1) is 14.4. The summed E-state index contributed by atoms with van der Waals surface area (Å²) in [6.07, 6.45) is -4.94. The van der Waals surface area contributed by atoms with Crippen LogP contribution in [0.1, 0.15) is 15.9 Å². The third kappa shape index (κ3) is 2.61. The standard InChI is InChI=1S/C10H5ClF4O3/c1-18-9(17)8(16)4-2-3-5(10(13,14)15)7(12)6(4)11/h2-3H,1H3. The number of rotatable bonds is 2. The van der Waals surface area contributed by atoms with Crippen molar-refractivity contribution in [3.8, 4) is 0 Å². The van der Waals surface area contributed by atoms with Crippen LogP contribution in [0.5, 0.6) is 0 Å². The second-order valence-electron chi connectivity index (χ2n) is 3.11. The molecule has 1 rings (SSSR count). The van der Waals surface area contributed by atoms with E-state index in [4.69, 9.17) is 11.6 Å². The van der Waals surface area contributed by atoms with E-state index in [2.05, 4.69) is 4.74 Å². The van der Waals surface area contributed by atoms with Gasteiger partial charge in [0.15, 0.2) is 5.82 Å². The molecule has 8 heteroatoms. The molecule has 0 amide bonds. The molecule has 0 saturated carbocycles. The number of benzene rings is 1. The van der Waals surface area contributed by atoms with Crippen LogP contribution in [0, 0.1) is 5.82 Å². The lowest BCUT2D eigenvalue weighted by molar-refractivity contribution is -0.140. The van der Waals surface area contributed by atoms with Gasteiger partial charge in [-0.2, -0.15) is 13.2 Å². The number of hydrogen-bond acceptors (Lipinski definition) is 3. The third-order valence-corrected chi connectivity index (χ3v) is 2.37. The molecule has 0 unspecified atom stereocenters. The van der Waals surface area contributed by atoms with Crippen molar-refractivity contribution in [2.45, 2.75) is 6.18 Å². The lowest BCUT2D eigenvalue weighted by atomic mass is 10.1. The number of methoxy groups -OCH3 is 1. The van der Waals surface area contributed by atoms with E-state index >= 15 is 0 Å². The zero-order chi connectivity index (χ0) is 14.1. The number of halogens is 5. The van der Waals surface area contributed by atoms with Gasteiger partial charge < -0.3 is 4.74 Å². The minimum absolute atomic E-state index is 0.331. The Kier molecular flexibility index (Phi) is 3.95. The van der Waals surface area contributed by atoms with Crippen molar-refractivity contribution in [2.75, 3.05) is 7.11 Å². The average molecular weight is 285 g/mol. The highest BCUT2D eigenvalue weighted by atomic mass is 35.5. The number of carbonyl (C=O) groups is 2. The molecule has 0 aliphatic rings. The van der Waals surface area contributed by atoms with E-state index in [9.17, 15) is 27.2 Å². The molecule has 0 N–H and O–H groups in total. The highest BCUT2D eigenvalue weighted by molar-refractivity contribution is 6.45. The van der Waals surface area contributed by atoms with Crippen LogP contribution >= 0.6 is 11.6 Å². The Labute approximate surface area is 103 Å². The van der Waals surface area contributed by atoms with Crippen molar-refractivity contribution in [3.05, 3.63) is 34.1 Å². The zero-order valence-corrected chi connectivity index (χ0v) is 9.53. The summed E-state index contributed by atoms with van der Waals surface area (Å²) in [5.74, 6) is -4.48. The van der Waals surface area contributed by atoms with Crippen LogP contribution < -0.4 is 0 Å². The first-order valence-corrected chi connectivity index (χ1v) is 4.75. The third-order valence-electron chi connectivity index (χ3n) is 2.00. The molecule has 0 aromatic heterocycles. The van der Waals surface area contributed by atoms with Crippen molar-refractivity contribution in [1.29, 1.82) is 0 Å². The quantitative estimate of drug-likeness (QED) is 0.363. The average Bonchev–Trinajstić information content (AvgIpc) is 2.29. The Balaban J connectivity index is 3.33. The molecule has 0 fully saturated rings. The maximum absolute atomic E-state index is 13.3. The Morgan fingerprint density at radius 3 is 2.28 bits per heavy atom. The number of hydrogen-bond donors (Lipinski definition) is 0. The SMILES string of the molecule is COC(=O)C(=O)c1ccc(C(F)(F)F)c(F)c1Cl. The molecular formula is C10H5ClF4O3. The van der Waals surface area contributed by atoms with Gasteiger partial charge in [-0.15, -0.1) is 0 Å². The Hall–Kier alpha value is -1.63. The molecular weight excluding hydrogens is 280 g/mol. The molecule has 18 heavy (non-hydrogen) atoms. The monoisotopic (exact) mass is 284 g/mol. The van der Waals surface area contributed by atoms with Crippen molar-refractivity contribution in [1.82, 2.24) is 0 Å². The lowest BCUT2D eigenvalue weighted by Gasteiger charge is -2.10. The maximum atomic E-state index is 13.3. The van der Waals surface area contributed by atoms with Crippen molar-refractivity contribution in [3.63, 3.8) is 0 Å². The Morgan fingerprint density at radius 2 is 1.83 bits per heavy atom. The number of Topliss-reactive ketones (excluding diaryl/α,β-unsaturated/α-hetero) is 1. The van der Waals surface area contributed by atoms with Crippen LogP contribution in [0.2, 0.25) is 5.02 Å². The van der Waals surface area contributed by atoms with Gasteiger partial charge in [0.1, 0.15) is 0 Å². The summed E-state index contributed by atoms with van der Waals surface area (Å²) in [5.41, 5.74) is -2.30. The van der Waals surface area contributed by atoms with Gasteiger partial charge in [-0.05, 0) is 12.1 Å². The summed E-state index contributed by atoms with van der Waals surface area (Å²) in [4.78, 5) is 22.2. The van der Waals surface area contributed by atoms with Crippen LogP contribution in [-0.2, 0) is 15.7 Å². The van der Waals surface area contributed by atoms with Crippen LogP contribution in [0.25, 0.3) is 0 Å². The van der Waals surface area contributed by atoms with Crippen molar-refractivity contribution >= 4 is 23.4 Å². The first-order chi connectivity index (χ1) is 8.20. The van der Waals surface area contributed by atoms with E-state index < -0.39 is 39.9 Å².